The smallest absolute Gasteiger partial charge is 0.338 e. The summed E-state index contributed by atoms with van der Waals surface area (Å²) < 4.78 is 16.3. The molecule has 2 aliphatic carbocycles. The van der Waals surface area contributed by atoms with Crippen molar-refractivity contribution in [3.63, 3.8) is 0 Å². The molecule has 0 N–H and O–H groups in total. The molecule has 3 aliphatic heterocycles. The first-order chi connectivity index (χ1) is 20.5. The van der Waals surface area contributed by atoms with Crippen molar-refractivity contribution in [2.24, 2.45) is 0 Å². The van der Waals surface area contributed by atoms with E-state index >= 15 is 0 Å². The van der Waals surface area contributed by atoms with Gasteiger partial charge in [0.2, 0.25) is 17.5 Å². The number of hydrogen-bond acceptors (Lipinski definition) is 10. The van der Waals surface area contributed by atoms with Crippen LogP contribution >= 0.6 is 0 Å². The molecule has 43 heavy (non-hydrogen) atoms. The quantitative estimate of drug-likeness (QED) is 0.370. The highest BCUT2D eigenvalue weighted by molar-refractivity contribution is 6.27. The minimum atomic E-state index is -1.13. The number of fused-ring (bicyclic) bond motifs is 5. The molecule has 6 rings (SSSR count). The van der Waals surface area contributed by atoms with Gasteiger partial charge >= 0.3 is 5.97 Å². The summed E-state index contributed by atoms with van der Waals surface area (Å²) in [5, 5.41) is 0. The Kier molecular flexibility index (Phi) is 6.80. The van der Waals surface area contributed by atoms with Gasteiger partial charge in [0.05, 0.1) is 44.0 Å². The van der Waals surface area contributed by atoms with Gasteiger partial charge in [-0.05, 0) is 39.4 Å². The maximum atomic E-state index is 14.3. The number of amides is 1. The lowest BCUT2D eigenvalue weighted by atomic mass is 9.69. The Morgan fingerprint density at radius 3 is 1.95 bits per heavy atom. The van der Waals surface area contributed by atoms with Gasteiger partial charge in [0.1, 0.15) is 6.61 Å². The van der Waals surface area contributed by atoms with Crippen LogP contribution in [-0.2, 0) is 38.2 Å². The first-order valence-electron chi connectivity index (χ1n) is 13.9. The van der Waals surface area contributed by atoms with Gasteiger partial charge in [-0.3, -0.25) is 28.9 Å². The Morgan fingerprint density at radius 1 is 0.814 bits per heavy atom. The second-order valence-corrected chi connectivity index (χ2v) is 11.2. The number of esters is 1. The van der Waals surface area contributed by atoms with Gasteiger partial charge in [-0.25, -0.2) is 4.79 Å². The van der Waals surface area contributed by atoms with Crippen molar-refractivity contribution in [2.75, 3.05) is 27.9 Å². The summed E-state index contributed by atoms with van der Waals surface area (Å²) in [7, 11) is 4.32. The van der Waals surface area contributed by atoms with Crippen LogP contribution in [0.15, 0.2) is 75.3 Å². The highest BCUT2D eigenvalue weighted by Gasteiger charge is 2.59. The molecular formula is C32H30N2O9. The van der Waals surface area contributed by atoms with E-state index in [1.165, 1.54) is 33.0 Å². The molecule has 3 heterocycles. The molecule has 0 aromatic heterocycles. The fourth-order valence-corrected chi connectivity index (χ4v) is 7.19. The second kappa shape index (κ2) is 10.3. The van der Waals surface area contributed by atoms with Crippen LogP contribution in [0.2, 0.25) is 0 Å². The van der Waals surface area contributed by atoms with Crippen LogP contribution in [0.25, 0.3) is 0 Å². The number of methoxy groups -OCH3 is 2. The third kappa shape index (κ3) is 3.98. The zero-order valence-corrected chi connectivity index (χ0v) is 24.4. The minimum absolute atomic E-state index is 0.0130. The lowest BCUT2D eigenvalue weighted by molar-refractivity contribution is -0.155. The number of carbonyl (C=O) groups is 6. The molecule has 1 aromatic rings. The van der Waals surface area contributed by atoms with Crippen molar-refractivity contribution < 1.29 is 43.0 Å². The Bertz CT molecular complexity index is 1660. The van der Waals surface area contributed by atoms with Gasteiger partial charge in [-0.15, -0.1) is 0 Å². The molecule has 1 fully saturated rings. The van der Waals surface area contributed by atoms with Gasteiger partial charge in [-0.1, -0.05) is 18.2 Å². The maximum Gasteiger partial charge on any atom is 0.338 e. The van der Waals surface area contributed by atoms with Gasteiger partial charge in [0, 0.05) is 39.9 Å². The van der Waals surface area contributed by atoms with Crippen molar-refractivity contribution in [3.05, 3.63) is 80.9 Å². The van der Waals surface area contributed by atoms with Crippen LogP contribution in [0, 0.1) is 0 Å². The molecule has 11 heteroatoms. The highest BCUT2D eigenvalue weighted by atomic mass is 16.5. The number of hydrogen-bond donors (Lipinski definition) is 0. The number of rotatable bonds is 5. The van der Waals surface area contributed by atoms with Crippen molar-refractivity contribution in [2.45, 2.75) is 50.9 Å². The van der Waals surface area contributed by atoms with Gasteiger partial charge in [-0.2, -0.15) is 0 Å². The molecule has 0 spiro atoms. The maximum absolute atomic E-state index is 14.3. The van der Waals surface area contributed by atoms with E-state index in [-0.39, 0.29) is 69.1 Å². The van der Waals surface area contributed by atoms with Crippen LogP contribution < -0.4 is 0 Å². The van der Waals surface area contributed by atoms with E-state index in [1.54, 1.807) is 42.3 Å². The number of benzene rings is 1. The predicted molar refractivity (Wildman–Crippen MR) is 149 cm³/mol. The van der Waals surface area contributed by atoms with E-state index in [4.69, 9.17) is 14.2 Å². The van der Waals surface area contributed by atoms with Gasteiger partial charge < -0.3 is 19.1 Å². The van der Waals surface area contributed by atoms with Crippen LogP contribution in [0.3, 0.4) is 0 Å². The summed E-state index contributed by atoms with van der Waals surface area (Å²) >= 11 is 0. The summed E-state index contributed by atoms with van der Waals surface area (Å²) in [5.41, 5.74) is 1.27. The van der Waals surface area contributed by atoms with E-state index in [2.05, 4.69) is 0 Å². The Morgan fingerprint density at radius 2 is 1.37 bits per heavy atom. The molecule has 0 unspecified atom stereocenters. The van der Waals surface area contributed by atoms with E-state index in [1.807, 2.05) is 0 Å². The first-order valence-corrected chi connectivity index (χ1v) is 13.9. The Labute approximate surface area is 247 Å². The highest BCUT2D eigenvalue weighted by Crippen LogP contribution is 2.47. The van der Waals surface area contributed by atoms with Crippen LogP contribution in [-0.4, -0.2) is 96.9 Å². The van der Waals surface area contributed by atoms with Crippen LogP contribution in [0.4, 0.5) is 0 Å². The summed E-state index contributed by atoms with van der Waals surface area (Å²) in [4.78, 5) is 85.2. The Balaban J connectivity index is 1.49. The molecule has 1 aromatic carbocycles. The molecule has 2 bridgehead atoms. The van der Waals surface area contributed by atoms with Gasteiger partial charge in [0.25, 0.3) is 0 Å². The van der Waals surface area contributed by atoms with E-state index < -0.39 is 60.0 Å². The number of piperazine rings is 1. The molecule has 4 atom stereocenters. The minimum Gasteiger partial charge on any atom is -0.492 e. The monoisotopic (exact) mass is 586 g/mol. The third-order valence-electron chi connectivity index (χ3n) is 9.22. The number of carbonyl (C=O) groups excluding carboxylic acids is 6. The van der Waals surface area contributed by atoms with Crippen molar-refractivity contribution >= 4 is 35.0 Å². The SMILES string of the molecule is COC1=C(C)C(=O)C2=C(C1=O)[C@@H]1[C@@H]3CC4=C(C(=O)C(OC)=C(C)C4=O)[C@H](COC(=O)c4ccccc4)N3C(=O)[C@H](C2)N1C. The normalized spacial score (nSPS) is 27.4. The number of allylic oxidation sites excluding steroid dienone is 4. The summed E-state index contributed by atoms with van der Waals surface area (Å²) in [6.07, 6.45) is -0.0605. The molecule has 1 saturated heterocycles. The molecule has 5 aliphatic rings. The topological polar surface area (TPSA) is 137 Å². The van der Waals surface area contributed by atoms with Crippen LogP contribution in [0.1, 0.15) is 37.0 Å². The number of nitrogens with zero attached hydrogens (tertiary/aromatic N) is 2. The third-order valence-corrected chi connectivity index (χ3v) is 9.22. The van der Waals surface area contributed by atoms with Gasteiger partial charge in [0.15, 0.2) is 23.1 Å². The van der Waals surface area contributed by atoms with Crippen molar-refractivity contribution in [1.82, 2.24) is 9.80 Å². The Hall–Kier alpha value is -4.64. The molecule has 1 amide bonds. The molecule has 0 saturated carbocycles. The number of ether oxygens (including phenoxy) is 3. The van der Waals surface area contributed by atoms with Crippen molar-refractivity contribution in [3.8, 4) is 0 Å². The molecular weight excluding hydrogens is 556 g/mol. The standard InChI is InChI=1S/C32H30N2O9/c1-14-25(35)17-11-19-24-23-18(26(36)15(2)30(42-5)28(23)38)12-20(33(24)3)31(39)34(19)21(22(17)27(37)29(14)41-4)13-43-32(40)16-9-7-6-8-10-16/h6-10,19-21,24H,11-13H2,1-5H3/t19-,20-,21-,24-/m0/s1. The predicted octanol–water partition coefficient (Wildman–Crippen LogP) is 1.64. The average molecular weight is 587 g/mol. The second-order valence-electron chi connectivity index (χ2n) is 11.2. The molecule has 222 valence electrons. The number of likely N-dealkylation sites (N-methyl/N-ethyl adjacent to an activating group) is 1. The average Bonchev–Trinajstić information content (AvgIpc) is 3.00. The fourth-order valence-electron chi connectivity index (χ4n) is 7.19. The molecule has 11 nitrogen and oxygen atoms in total. The van der Waals surface area contributed by atoms with Crippen molar-refractivity contribution in [1.29, 1.82) is 0 Å². The van der Waals surface area contributed by atoms with E-state index in [0.717, 1.165) is 0 Å². The fraction of sp³-hybridized carbons (Fsp3) is 0.375. The zero-order valence-electron chi connectivity index (χ0n) is 24.4. The lowest BCUT2D eigenvalue weighted by Crippen LogP contribution is -2.73. The van der Waals surface area contributed by atoms with Crippen LogP contribution in [0.5, 0.6) is 0 Å². The summed E-state index contributed by atoms with van der Waals surface area (Å²) in [6, 6.07) is 4.72. The zero-order chi connectivity index (χ0) is 30.9. The number of ketones is 4. The lowest BCUT2D eigenvalue weighted by Gasteiger charge is -2.57. The molecule has 0 radical (unpaired) electrons. The van der Waals surface area contributed by atoms with E-state index in [0.29, 0.717) is 0 Å². The number of Topliss-reactive ketones (excluding diaryl/α,β-unsaturated/α-hetero) is 4. The van der Waals surface area contributed by atoms with E-state index in [9.17, 15) is 28.8 Å². The summed E-state index contributed by atoms with van der Waals surface area (Å²) in [6.45, 7) is 2.61. The first kappa shape index (κ1) is 28.5. The largest absolute Gasteiger partial charge is 0.492 e. The summed E-state index contributed by atoms with van der Waals surface area (Å²) in [5.74, 6) is -3.04.